The van der Waals surface area contributed by atoms with Crippen LogP contribution in [0.15, 0.2) is 91.3 Å². The molecule has 162 valence electrons. The molecule has 6 aromatic rings. The van der Waals surface area contributed by atoms with E-state index in [0.717, 1.165) is 49.6 Å². The molecule has 0 saturated heterocycles. The molecule has 3 heterocycles. The Hall–Kier alpha value is -4.51. The Morgan fingerprint density at radius 3 is 1.41 bits per heavy atom. The quantitative estimate of drug-likeness (QED) is 0.311. The fourth-order valence-corrected chi connectivity index (χ4v) is 4.28. The van der Waals surface area contributed by atoms with Gasteiger partial charge in [0.2, 0.25) is 0 Å². The first-order valence-corrected chi connectivity index (χ1v) is 11.2. The highest BCUT2D eigenvalue weighted by Gasteiger charge is 2.12. The van der Waals surface area contributed by atoms with Gasteiger partial charge in [0.25, 0.3) is 0 Å². The van der Waals surface area contributed by atoms with E-state index in [1.165, 1.54) is 0 Å². The summed E-state index contributed by atoms with van der Waals surface area (Å²) in [6, 6.07) is 27.1. The maximum atomic E-state index is 4.76. The molecule has 0 spiro atoms. The lowest BCUT2D eigenvalue weighted by molar-refractivity contribution is 0.928. The molecular formula is C29H21N5. The zero-order chi connectivity index (χ0) is 23.1. The summed E-state index contributed by atoms with van der Waals surface area (Å²) < 4.78 is 0. The topological polar surface area (TPSA) is 64.5 Å². The predicted octanol–water partition coefficient (Wildman–Crippen LogP) is 6.59. The van der Waals surface area contributed by atoms with Crippen LogP contribution in [0.4, 0.5) is 0 Å². The van der Waals surface area contributed by atoms with Crippen LogP contribution in [0.2, 0.25) is 0 Å². The van der Waals surface area contributed by atoms with Crippen LogP contribution in [-0.2, 0) is 0 Å². The van der Waals surface area contributed by atoms with Gasteiger partial charge in [0.15, 0.2) is 5.82 Å². The van der Waals surface area contributed by atoms with Crippen molar-refractivity contribution < 1.29 is 0 Å². The smallest absolute Gasteiger partial charge is 0.163 e. The third kappa shape index (κ3) is 3.77. The molecule has 0 unspecified atom stereocenters. The van der Waals surface area contributed by atoms with Crippen LogP contribution >= 0.6 is 0 Å². The van der Waals surface area contributed by atoms with Crippen molar-refractivity contribution in [2.75, 3.05) is 0 Å². The van der Waals surface area contributed by atoms with E-state index in [0.29, 0.717) is 17.5 Å². The minimum Gasteiger partial charge on any atom is -0.256 e. The Morgan fingerprint density at radius 2 is 0.912 bits per heavy atom. The zero-order valence-corrected chi connectivity index (χ0v) is 18.9. The molecular weight excluding hydrogens is 418 g/mol. The molecule has 6 rings (SSSR count). The molecule has 5 nitrogen and oxygen atoms in total. The van der Waals surface area contributed by atoms with Crippen LogP contribution in [-0.4, -0.2) is 24.9 Å². The highest BCUT2D eigenvalue weighted by Crippen LogP contribution is 2.32. The first kappa shape index (κ1) is 20.1. The summed E-state index contributed by atoms with van der Waals surface area (Å²) >= 11 is 0. The molecule has 0 saturated carbocycles. The second-order valence-corrected chi connectivity index (χ2v) is 8.39. The monoisotopic (exact) mass is 439 g/mol. The van der Waals surface area contributed by atoms with Gasteiger partial charge in [0.05, 0.1) is 11.4 Å². The standard InChI is InChI=1S/C29H21N5/c1-18-32-19(2)34-29(33-18)26-12-24(27-14-20-7-3-5-9-22(20)16-30-27)11-25(13-26)28-15-21-8-4-6-10-23(21)17-31-28/h3-17H,1-2H3. The van der Waals surface area contributed by atoms with Crippen LogP contribution in [0.1, 0.15) is 11.6 Å². The van der Waals surface area contributed by atoms with Crippen LogP contribution in [0.3, 0.4) is 0 Å². The van der Waals surface area contributed by atoms with Crippen molar-refractivity contribution >= 4 is 21.5 Å². The molecule has 0 atom stereocenters. The predicted molar refractivity (Wildman–Crippen MR) is 136 cm³/mol. The van der Waals surface area contributed by atoms with Crippen molar-refractivity contribution in [1.29, 1.82) is 0 Å². The van der Waals surface area contributed by atoms with Gasteiger partial charge in [-0.25, -0.2) is 15.0 Å². The summed E-state index contributed by atoms with van der Waals surface area (Å²) in [5, 5.41) is 4.52. The van der Waals surface area contributed by atoms with E-state index in [1.54, 1.807) is 0 Å². The third-order valence-corrected chi connectivity index (χ3v) is 5.90. The lowest BCUT2D eigenvalue weighted by Gasteiger charge is -2.11. The molecule has 0 fully saturated rings. The Labute approximate surface area is 197 Å². The summed E-state index contributed by atoms with van der Waals surface area (Å²) in [7, 11) is 0. The van der Waals surface area contributed by atoms with Crippen LogP contribution in [0.25, 0.3) is 55.4 Å². The van der Waals surface area contributed by atoms with Crippen molar-refractivity contribution in [2.45, 2.75) is 13.8 Å². The van der Waals surface area contributed by atoms with E-state index in [1.807, 2.05) is 50.5 Å². The Morgan fingerprint density at radius 1 is 0.471 bits per heavy atom. The van der Waals surface area contributed by atoms with Gasteiger partial charge in [-0.15, -0.1) is 0 Å². The molecule has 0 N–H and O–H groups in total. The number of nitrogens with zero attached hydrogens (tertiary/aromatic N) is 5. The molecule has 0 aliphatic heterocycles. The second kappa shape index (κ2) is 8.12. The van der Waals surface area contributed by atoms with Gasteiger partial charge in [0.1, 0.15) is 11.6 Å². The molecule has 3 aromatic heterocycles. The molecule has 3 aromatic carbocycles. The molecule has 0 aliphatic rings. The highest BCUT2D eigenvalue weighted by molar-refractivity contribution is 5.88. The van der Waals surface area contributed by atoms with E-state index in [4.69, 9.17) is 9.97 Å². The molecule has 0 bridgehead atoms. The zero-order valence-electron chi connectivity index (χ0n) is 18.9. The minimum absolute atomic E-state index is 0.648. The van der Waals surface area contributed by atoms with Gasteiger partial charge in [-0.2, -0.15) is 0 Å². The van der Waals surface area contributed by atoms with E-state index in [2.05, 4.69) is 69.5 Å². The van der Waals surface area contributed by atoms with Crippen molar-refractivity contribution in [1.82, 2.24) is 24.9 Å². The van der Waals surface area contributed by atoms with Crippen molar-refractivity contribution in [3.8, 4) is 33.9 Å². The Bertz CT molecular complexity index is 1570. The van der Waals surface area contributed by atoms with Gasteiger partial charge >= 0.3 is 0 Å². The number of benzene rings is 3. The molecule has 0 amide bonds. The first-order chi connectivity index (χ1) is 16.6. The molecule has 34 heavy (non-hydrogen) atoms. The largest absolute Gasteiger partial charge is 0.256 e. The number of aryl methyl sites for hydroxylation is 2. The number of rotatable bonds is 3. The Kier molecular flexibility index (Phi) is 4.81. The molecule has 0 aliphatic carbocycles. The summed E-state index contributed by atoms with van der Waals surface area (Å²) in [5.74, 6) is 2.04. The van der Waals surface area contributed by atoms with E-state index in [-0.39, 0.29) is 0 Å². The van der Waals surface area contributed by atoms with Crippen molar-refractivity contribution in [3.63, 3.8) is 0 Å². The SMILES string of the molecule is Cc1nc(C)nc(-c2cc(-c3cc4ccccc4cn3)cc(-c3cc4ccccc4cn3)c2)n1. The van der Waals surface area contributed by atoms with E-state index >= 15 is 0 Å². The number of fused-ring (bicyclic) bond motifs is 2. The molecule has 5 heteroatoms. The maximum absolute atomic E-state index is 4.76. The summed E-state index contributed by atoms with van der Waals surface area (Å²) in [5.41, 5.74) is 4.68. The maximum Gasteiger partial charge on any atom is 0.163 e. The molecule has 0 radical (unpaired) electrons. The lowest BCUT2D eigenvalue weighted by atomic mass is 9.98. The summed E-state index contributed by atoms with van der Waals surface area (Å²) in [6.07, 6.45) is 3.84. The average Bonchev–Trinajstić information content (AvgIpc) is 2.87. The summed E-state index contributed by atoms with van der Waals surface area (Å²) in [4.78, 5) is 23.1. The van der Waals surface area contributed by atoms with Crippen LogP contribution < -0.4 is 0 Å². The second-order valence-electron chi connectivity index (χ2n) is 8.39. The third-order valence-electron chi connectivity index (χ3n) is 5.90. The van der Waals surface area contributed by atoms with Gasteiger partial charge in [0, 0.05) is 39.9 Å². The Balaban J connectivity index is 1.58. The van der Waals surface area contributed by atoms with E-state index < -0.39 is 0 Å². The number of pyridine rings is 2. The van der Waals surface area contributed by atoms with Crippen molar-refractivity contribution in [2.24, 2.45) is 0 Å². The number of hydrogen-bond acceptors (Lipinski definition) is 5. The minimum atomic E-state index is 0.648. The fourth-order valence-electron chi connectivity index (χ4n) is 4.28. The highest BCUT2D eigenvalue weighted by atomic mass is 15.0. The van der Waals surface area contributed by atoms with Crippen LogP contribution in [0.5, 0.6) is 0 Å². The van der Waals surface area contributed by atoms with Gasteiger partial charge < -0.3 is 0 Å². The fraction of sp³-hybridized carbons (Fsp3) is 0.0690. The van der Waals surface area contributed by atoms with Gasteiger partial charge in [-0.1, -0.05) is 48.5 Å². The average molecular weight is 440 g/mol. The first-order valence-electron chi connectivity index (χ1n) is 11.2. The van der Waals surface area contributed by atoms with Crippen molar-refractivity contribution in [3.05, 3.63) is 103 Å². The van der Waals surface area contributed by atoms with Gasteiger partial charge in [-0.3, -0.25) is 9.97 Å². The van der Waals surface area contributed by atoms with Gasteiger partial charge in [-0.05, 0) is 55.0 Å². The summed E-state index contributed by atoms with van der Waals surface area (Å²) in [6.45, 7) is 3.78. The lowest BCUT2D eigenvalue weighted by Crippen LogP contribution is -1.99. The van der Waals surface area contributed by atoms with E-state index in [9.17, 15) is 0 Å². The normalized spacial score (nSPS) is 11.2. The number of hydrogen-bond donors (Lipinski definition) is 0. The number of aromatic nitrogens is 5. The van der Waals surface area contributed by atoms with Crippen LogP contribution in [0, 0.1) is 13.8 Å².